The molecule has 0 N–H and O–H groups in total. The molecule has 4 heteroatoms. The second-order valence-corrected chi connectivity index (χ2v) is 4.14. The van der Waals surface area contributed by atoms with Gasteiger partial charge in [0, 0.05) is 0 Å². The number of ketones is 1. The van der Waals surface area contributed by atoms with Crippen molar-refractivity contribution in [2.75, 3.05) is 0 Å². The van der Waals surface area contributed by atoms with Crippen LogP contribution in [-0.4, -0.2) is 5.78 Å². The Kier molecular flexibility index (Phi) is 3.63. The van der Waals surface area contributed by atoms with Crippen LogP contribution in [0.2, 0.25) is 5.02 Å². The third-order valence-electron chi connectivity index (χ3n) is 2.38. The fourth-order valence-corrected chi connectivity index (χ4v) is 1.73. The lowest BCUT2D eigenvalue weighted by Gasteiger charge is -2.10. The Bertz CT molecular complexity index is 596. The van der Waals surface area contributed by atoms with Crippen LogP contribution in [0.5, 0.6) is 11.5 Å². The van der Waals surface area contributed by atoms with Crippen molar-refractivity contribution in [1.82, 2.24) is 0 Å². The van der Waals surface area contributed by atoms with Gasteiger partial charge in [0.25, 0.3) is 0 Å². The molecule has 0 fully saturated rings. The number of carbonyl (C=O) groups is 1. The predicted octanol–water partition coefficient (Wildman–Crippen LogP) is 4.47. The molecule has 0 saturated heterocycles. The van der Waals surface area contributed by atoms with E-state index in [0.29, 0.717) is 17.1 Å². The highest BCUT2D eigenvalue weighted by atomic mass is 35.5. The predicted molar refractivity (Wildman–Crippen MR) is 67.9 cm³/mol. The van der Waals surface area contributed by atoms with E-state index < -0.39 is 5.82 Å². The number of ether oxygens (including phenoxy) is 1. The van der Waals surface area contributed by atoms with Gasteiger partial charge in [-0.25, -0.2) is 4.39 Å². The normalized spacial score (nSPS) is 10.2. The van der Waals surface area contributed by atoms with Crippen molar-refractivity contribution in [3.63, 3.8) is 0 Å². The molecule has 0 heterocycles. The Morgan fingerprint density at radius 3 is 2.56 bits per heavy atom. The summed E-state index contributed by atoms with van der Waals surface area (Å²) in [5.41, 5.74) is 0.456. The quantitative estimate of drug-likeness (QED) is 0.765. The molecule has 2 aromatic carbocycles. The van der Waals surface area contributed by atoms with E-state index in [1.807, 2.05) is 0 Å². The zero-order chi connectivity index (χ0) is 13.1. The zero-order valence-electron chi connectivity index (χ0n) is 9.61. The molecule has 0 aliphatic rings. The van der Waals surface area contributed by atoms with E-state index in [9.17, 15) is 9.18 Å². The molecular weight excluding hydrogens is 255 g/mol. The first kappa shape index (κ1) is 12.6. The van der Waals surface area contributed by atoms with Gasteiger partial charge in [0.15, 0.2) is 5.78 Å². The average Bonchev–Trinajstić information content (AvgIpc) is 2.33. The van der Waals surface area contributed by atoms with Crippen molar-refractivity contribution in [3.05, 3.63) is 58.9 Å². The molecule has 18 heavy (non-hydrogen) atoms. The summed E-state index contributed by atoms with van der Waals surface area (Å²) in [6.45, 7) is 1.45. The van der Waals surface area contributed by atoms with Gasteiger partial charge in [0.2, 0.25) is 0 Å². The maximum Gasteiger partial charge on any atom is 0.163 e. The molecule has 0 saturated carbocycles. The largest absolute Gasteiger partial charge is 0.455 e. The SMILES string of the molecule is CC(=O)c1ccccc1Oc1ccc(F)cc1Cl. The van der Waals surface area contributed by atoms with Crippen molar-refractivity contribution >= 4 is 17.4 Å². The smallest absolute Gasteiger partial charge is 0.163 e. The van der Waals surface area contributed by atoms with Crippen LogP contribution in [0.25, 0.3) is 0 Å². The summed E-state index contributed by atoms with van der Waals surface area (Å²) in [5, 5.41) is 0.161. The first-order valence-corrected chi connectivity index (χ1v) is 5.68. The maximum atomic E-state index is 12.9. The maximum absolute atomic E-state index is 12.9. The Morgan fingerprint density at radius 1 is 1.17 bits per heavy atom. The number of halogens is 2. The van der Waals surface area contributed by atoms with Crippen LogP contribution in [0.15, 0.2) is 42.5 Å². The summed E-state index contributed by atoms with van der Waals surface area (Å²) in [4.78, 5) is 11.4. The Balaban J connectivity index is 2.37. The summed E-state index contributed by atoms with van der Waals surface area (Å²) in [6, 6.07) is 10.7. The van der Waals surface area contributed by atoms with Gasteiger partial charge in [-0.3, -0.25) is 4.79 Å². The molecular formula is C14H10ClFO2. The third-order valence-corrected chi connectivity index (χ3v) is 2.68. The van der Waals surface area contributed by atoms with Crippen LogP contribution in [0.1, 0.15) is 17.3 Å². The van der Waals surface area contributed by atoms with E-state index in [1.165, 1.54) is 19.1 Å². The van der Waals surface area contributed by atoms with E-state index in [0.717, 1.165) is 6.07 Å². The second kappa shape index (κ2) is 5.19. The molecule has 0 aliphatic carbocycles. The molecule has 0 radical (unpaired) electrons. The van der Waals surface area contributed by atoms with Gasteiger partial charge in [-0.15, -0.1) is 0 Å². The molecule has 0 atom stereocenters. The standard InChI is InChI=1S/C14H10ClFO2/c1-9(17)11-4-2-3-5-13(11)18-14-7-6-10(16)8-12(14)15/h2-8H,1H3. The number of hydrogen-bond acceptors (Lipinski definition) is 2. The third kappa shape index (κ3) is 2.68. The number of para-hydroxylation sites is 1. The van der Waals surface area contributed by atoms with Crippen LogP contribution in [0.4, 0.5) is 4.39 Å². The van der Waals surface area contributed by atoms with Gasteiger partial charge < -0.3 is 4.74 Å². The summed E-state index contributed by atoms with van der Waals surface area (Å²) in [5.74, 6) is 0.168. The number of carbonyl (C=O) groups excluding carboxylic acids is 1. The van der Waals surface area contributed by atoms with Crippen LogP contribution in [-0.2, 0) is 0 Å². The number of hydrogen-bond donors (Lipinski definition) is 0. The molecule has 0 spiro atoms. The van der Waals surface area contributed by atoms with E-state index in [2.05, 4.69) is 0 Å². The fourth-order valence-electron chi connectivity index (χ4n) is 1.52. The molecule has 2 nitrogen and oxygen atoms in total. The molecule has 0 amide bonds. The Hall–Kier alpha value is -1.87. The lowest BCUT2D eigenvalue weighted by Crippen LogP contribution is -1.97. The van der Waals surface area contributed by atoms with E-state index >= 15 is 0 Å². The topological polar surface area (TPSA) is 26.3 Å². The Morgan fingerprint density at radius 2 is 1.89 bits per heavy atom. The zero-order valence-corrected chi connectivity index (χ0v) is 10.4. The minimum Gasteiger partial charge on any atom is -0.455 e. The lowest BCUT2D eigenvalue weighted by atomic mass is 10.1. The summed E-state index contributed by atoms with van der Waals surface area (Å²) in [7, 11) is 0. The van der Waals surface area contributed by atoms with Crippen LogP contribution >= 0.6 is 11.6 Å². The second-order valence-electron chi connectivity index (χ2n) is 3.73. The average molecular weight is 265 g/mol. The molecule has 0 bridgehead atoms. The molecule has 92 valence electrons. The van der Waals surface area contributed by atoms with Gasteiger partial charge in [-0.2, -0.15) is 0 Å². The minimum absolute atomic E-state index is 0.108. The number of rotatable bonds is 3. The van der Waals surface area contributed by atoms with Gasteiger partial charge in [0.1, 0.15) is 17.3 Å². The highest BCUT2D eigenvalue weighted by Gasteiger charge is 2.10. The fraction of sp³-hybridized carbons (Fsp3) is 0.0714. The Labute approximate surface area is 109 Å². The van der Waals surface area contributed by atoms with Crippen molar-refractivity contribution < 1.29 is 13.9 Å². The van der Waals surface area contributed by atoms with Crippen molar-refractivity contribution in [2.45, 2.75) is 6.92 Å². The van der Waals surface area contributed by atoms with Gasteiger partial charge in [-0.05, 0) is 37.3 Å². The van der Waals surface area contributed by atoms with Gasteiger partial charge in [0.05, 0.1) is 10.6 Å². The minimum atomic E-state index is -0.438. The monoisotopic (exact) mass is 264 g/mol. The van der Waals surface area contributed by atoms with E-state index in [1.54, 1.807) is 24.3 Å². The molecule has 0 aliphatic heterocycles. The van der Waals surface area contributed by atoms with E-state index in [-0.39, 0.29) is 10.8 Å². The van der Waals surface area contributed by atoms with Crippen LogP contribution < -0.4 is 4.74 Å². The van der Waals surface area contributed by atoms with Crippen molar-refractivity contribution in [3.8, 4) is 11.5 Å². The van der Waals surface area contributed by atoms with E-state index in [4.69, 9.17) is 16.3 Å². The highest BCUT2D eigenvalue weighted by Crippen LogP contribution is 2.31. The lowest BCUT2D eigenvalue weighted by molar-refractivity contribution is 0.101. The first-order valence-electron chi connectivity index (χ1n) is 5.31. The molecule has 2 aromatic rings. The first-order chi connectivity index (χ1) is 8.58. The summed E-state index contributed by atoms with van der Waals surface area (Å²) in [6.07, 6.45) is 0. The van der Waals surface area contributed by atoms with Crippen LogP contribution in [0.3, 0.4) is 0 Å². The number of benzene rings is 2. The van der Waals surface area contributed by atoms with Gasteiger partial charge in [-0.1, -0.05) is 23.7 Å². The highest BCUT2D eigenvalue weighted by molar-refractivity contribution is 6.32. The number of Topliss-reactive ketones (excluding diaryl/α,β-unsaturated/α-hetero) is 1. The van der Waals surface area contributed by atoms with Crippen molar-refractivity contribution in [2.24, 2.45) is 0 Å². The summed E-state index contributed by atoms with van der Waals surface area (Å²) >= 11 is 5.86. The van der Waals surface area contributed by atoms with Crippen molar-refractivity contribution in [1.29, 1.82) is 0 Å². The summed E-state index contributed by atoms with van der Waals surface area (Å²) < 4.78 is 18.4. The van der Waals surface area contributed by atoms with Crippen LogP contribution in [0, 0.1) is 5.82 Å². The van der Waals surface area contributed by atoms with Gasteiger partial charge >= 0.3 is 0 Å². The molecule has 0 aromatic heterocycles. The molecule has 2 rings (SSSR count). The molecule has 0 unspecified atom stereocenters.